The molecule has 0 heterocycles. The first-order valence-electron chi connectivity index (χ1n) is 9.70. The van der Waals surface area contributed by atoms with Gasteiger partial charge in [0.15, 0.2) is 0 Å². The summed E-state index contributed by atoms with van der Waals surface area (Å²) in [6.45, 7) is 15.2. The number of hydrogen-bond acceptors (Lipinski definition) is 2. The van der Waals surface area contributed by atoms with Crippen LogP contribution in [0.5, 0.6) is 0 Å². The molecule has 0 amide bonds. The maximum absolute atomic E-state index is 7.25. The molecule has 26 heavy (non-hydrogen) atoms. The van der Waals surface area contributed by atoms with E-state index in [1.165, 1.54) is 17.7 Å². The molecule has 0 aliphatic carbocycles. The molecule has 2 aromatic rings. The predicted molar refractivity (Wildman–Crippen MR) is 117 cm³/mol. The minimum atomic E-state index is -2.50. The summed E-state index contributed by atoms with van der Waals surface area (Å²) in [7, 11) is 7.25. The molecule has 0 spiro atoms. The molecule has 0 bridgehead atoms. The molecule has 0 aliphatic heterocycles. The first-order valence-corrected chi connectivity index (χ1v) is 17.5. The predicted octanol–water partition coefficient (Wildman–Crippen LogP) is 3.71. The number of halogens is 1. The van der Waals surface area contributed by atoms with Gasteiger partial charge in [0, 0.05) is 0 Å². The SMILES string of the molecule is CCN(CC)Cc1cccc[c]1[Bi]([Cl])[c]1ccccc1CN(CC)CC. The molecular weight excluding hydrogens is 537 g/mol. The third kappa shape index (κ3) is 5.76. The van der Waals surface area contributed by atoms with Crippen LogP contribution in [0.25, 0.3) is 0 Å². The molecule has 2 rings (SSSR count). The van der Waals surface area contributed by atoms with Gasteiger partial charge in [-0.3, -0.25) is 0 Å². The van der Waals surface area contributed by atoms with Gasteiger partial charge >= 0.3 is 172 Å². The molecule has 0 unspecified atom stereocenters. The van der Waals surface area contributed by atoms with Gasteiger partial charge in [-0.15, -0.1) is 0 Å². The Balaban J connectivity index is 2.34. The summed E-state index contributed by atoms with van der Waals surface area (Å²) in [6.07, 6.45) is 0. The molecule has 0 saturated carbocycles. The summed E-state index contributed by atoms with van der Waals surface area (Å²) in [4.78, 5) is 4.93. The first kappa shape index (κ1) is 21.8. The van der Waals surface area contributed by atoms with Gasteiger partial charge in [-0.1, -0.05) is 0 Å². The molecule has 0 aliphatic rings. The maximum atomic E-state index is 7.25. The van der Waals surface area contributed by atoms with Crippen molar-refractivity contribution in [3.8, 4) is 0 Å². The van der Waals surface area contributed by atoms with Crippen molar-refractivity contribution in [2.75, 3.05) is 26.2 Å². The molecule has 2 nitrogen and oxygen atoms in total. The van der Waals surface area contributed by atoms with Crippen LogP contribution in [-0.2, 0) is 13.1 Å². The molecule has 0 aromatic heterocycles. The van der Waals surface area contributed by atoms with Crippen molar-refractivity contribution in [1.29, 1.82) is 0 Å². The van der Waals surface area contributed by atoms with Gasteiger partial charge in [-0.05, 0) is 0 Å². The van der Waals surface area contributed by atoms with Gasteiger partial charge < -0.3 is 0 Å². The molecule has 4 heteroatoms. The van der Waals surface area contributed by atoms with Crippen LogP contribution >= 0.6 is 8.51 Å². The number of benzene rings is 2. The third-order valence-corrected chi connectivity index (χ3v) is 14.9. The Hall–Kier alpha value is -0.467. The van der Waals surface area contributed by atoms with Gasteiger partial charge in [-0.25, -0.2) is 0 Å². The van der Waals surface area contributed by atoms with Crippen molar-refractivity contribution in [3.05, 3.63) is 59.7 Å². The Morgan fingerprint density at radius 2 is 1.00 bits per heavy atom. The summed E-state index contributed by atoms with van der Waals surface area (Å²) < 4.78 is 2.87. The van der Waals surface area contributed by atoms with E-state index in [0.717, 1.165) is 39.3 Å². The van der Waals surface area contributed by atoms with Crippen LogP contribution in [0, 0.1) is 0 Å². The summed E-state index contributed by atoms with van der Waals surface area (Å²) in [5.74, 6) is 0. The van der Waals surface area contributed by atoms with Gasteiger partial charge in [0.05, 0.1) is 0 Å². The average molecular weight is 569 g/mol. The average Bonchev–Trinajstić information content (AvgIpc) is 2.70. The Labute approximate surface area is 171 Å². The van der Waals surface area contributed by atoms with Crippen molar-refractivity contribution in [2.45, 2.75) is 40.8 Å². The van der Waals surface area contributed by atoms with E-state index in [2.05, 4.69) is 86.0 Å². The fraction of sp³-hybridized carbons (Fsp3) is 0.455. The van der Waals surface area contributed by atoms with Crippen LogP contribution in [0.15, 0.2) is 48.5 Å². The Morgan fingerprint density at radius 1 is 0.654 bits per heavy atom. The number of nitrogens with zero attached hydrogens (tertiary/aromatic N) is 2. The van der Waals surface area contributed by atoms with E-state index in [9.17, 15) is 0 Å². The number of hydrogen-bond donors (Lipinski definition) is 0. The molecule has 0 saturated heterocycles. The summed E-state index contributed by atoms with van der Waals surface area (Å²) in [5, 5.41) is 0. The molecule has 0 fully saturated rings. The standard InChI is InChI=1S/2C11H16N.Bi.ClH/c2*1-3-12(4-2)10-11-8-6-5-7-9-11;;/h2*5-8H,3-4,10H2,1-2H3;;1H/q;;+1;/p-1. The monoisotopic (exact) mass is 568 g/mol. The van der Waals surface area contributed by atoms with E-state index in [1.807, 2.05) is 0 Å². The van der Waals surface area contributed by atoms with Crippen molar-refractivity contribution < 1.29 is 0 Å². The molecule has 2 aromatic carbocycles. The van der Waals surface area contributed by atoms with Gasteiger partial charge in [0.1, 0.15) is 0 Å². The van der Waals surface area contributed by atoms with E-state index < -0.39 is 20.6 Å². The zero-order chi connectivity index (χ0) is 18.9. The van der Waals surface area contributed by atoms with E-state index in [-0.39, 0.29) is 0 Å². The second-order valence-corrected chi connectivity index (χ2v) is 15.4. The second kappa shape index (κ2) is 11.4. The molecule has 0 N–H and O–H groups in total. The van der Waals surface area contributed by atoms with Gasteiger partial charge in [0.25, 0.3) is 0 Å². The second-order valence-electron chi connectivity index (χ2n) is 6.46. The van der Waals surface area contributed by atoms with E-state index in [4.69, 9.17) is 8.51 Å². The fourth-order valence-corrected chi connectivity index (χ4v) is 11.9. The van der Waals surface area contributed by atoms with Crippen LogP contribution in [0.3, 0.4) is 0 Å². The quantitative estimate of drug-likeness (QED) is 0.403. The molecule has 142 valence electrons. The summed E-state index contributed by atoms with van der Waals surface area (Å²) in [6, 6.07) is 17.7. The topological polar surface area (TPSA) is 6.48 Å². The summed E-state index contributed by atoms with van der Waals surface area (Å²) >= 11 is -2.50. The zero-order valence-corrected chi connectivity index (χ0v) is 20.8. The Bertz CT molecular complexity index is 611. The van der Waals surface area contributed by atoms with Gasteiger partial charge in [-0.2, -0.15) is 0 Å². The first-order chi connectivity index (χ1) is 12.6. The fourth-order valence-electron chi connectivity index (χ4n) is 3.18. The third-order valence-electron chi connectivity index (χ3n) is 4.98. The molecule has 0 radical (unpaired) electrons. The summed E-state index contributed by atoms with van der Waals surface area (Å²) in [5.41, 5.74) is 2.84. The van der Waals surface area contributed by atoms with Crippen LogP contribution in [-0.4, -0.2) is 56.5 Å². The number of rotatable bonds is 10. The normalized spacial score (nSPS) is 11.7. The minimum absolute atomic E-state index is 1.000. The Kier molecular flexibility index (Phi) is 9.57. The van der Waals surface area contributed by atoms with Crippen LogP contribution in [0.2, 0.25) is 0 Å². The van der Waals surface area contributed by atoms with Crippen LogP contribution < -0.4 is 6.54 Å². The van der Waals surface area contributed by atoms with Crippen molar-refractivity contribution >= 4 is 35.6 Å². The van der Waals surface area contributed by atoms with E-state index >= 15 is 0 Å². The van der Waals surface area contributed by atoms with Crippen molar-refractivity contribution in [2.24, 2.45) is 0 Å². The Morgan fingerprint density at radius 3 is 1.35 bits per heavy atom. The van der Waals surface area contributed by atoms with Crippen molar-refractivity contribution in [3.63, 3.8) is 0 Å². The van der Waals surface area contributed by atoms with Crippen molar-refractivity contribution in [1.82, 2.24) is 9.80 Å². The van der Waals surface area contributed by atoms with Crippen LogP contribution in [0.1, 0.15) is 38.8 Å². The van der Waals surface area contributed by atoms with Crippen LogP contribution in [0.4, 0.5) is 0 Å². The zero-order valence-electron chi connectivity index (χ0n) is 16.6. The molecular formula is C22H32BiClN2. The van der Waals surface area contributed by atoms with E-state index in [1.54, 1.807) is 0 Å². The van der Waals surface area contributed by atoms with Gasteiger partial charge in [0.2, 0.25) is 0 Å². The molecule has 0 atom stereocenters. The van der Waals surface area contributed by atoms with E-state index in [0.29, 0.717) is 0 Å².